The number of ether oxygens (including phenoxy) is 1. The second-order valence-electron chi connectivity index (χ2n) is 10.7. The van der Waals surface area contributed by atoms with Crippen LogP contribution in [0.1, 0.15) is 55.6 Å². The van der Waals surface area contributed by atoms with E-state index in [1.54, 1.807) is 0 Å². The van der Waals surface area contributed by atoms with Crippen molar-refractivity contribution in [2.24, 2.45) is 17.8 Å². The van der Waals surface area contributed by atoms with E-state index in [9.17, 15) is 19.5 Å². The number of fused-ring (bicyclic) bond motifs is 5. The average Bonchev–Trinajstić information content (AvgIpc) is 3.19. The zero-order valence-corrected chi connectivity index (χ0v) is 19.5. The first-order valence-electron chi connectivity index (χ1n) is 12.6. The normalized spacial score (nSPS) is 27.1. The summed E-state index contributed by atoms with van der Waals surface area (Å²) in [6.45, 7) is 0.230. The van der Waals surface area contributed by atoms with Crippen molar-refractivity contribution in [3.8, 4) is 11.1 Å². The number of carboxylic acid groups (broad SMARTS) is 1. The molecule has 0 heterocycles. The maximum Gasteiger partial charge on any atom is 0.407 e. The molecule has 4 aliphatic carbocycles. The van der Waals surface area contributed by atoms with Crippen molar-refractivity contribution < 1.29 is 24.2 Å². The molecule has 4 unspecified atom stereocenters. The minimum atomic E-state index is -0.819. The van der Waals surface area contributed by atoms with Gasteiger partial charge in [0.1, 0.15) is 6.61 Å². The predicted molar refractivity (Wildman–Crippen MR) is 129 cm³/mol. The Morgan fingerprint density at radius 1 is 0.943 bits per heavy atom. The van der Waals surface area contributed by atoms with E-state index in [0.29, 0.717) is 12.8 Å². The monoisotopic (exact) mass is 474 g/mol. The molecule has 3 N–H and O–H groups in total. The Morgan fingerprint density at radius 3 is 2.20 bits per heavy atom. The Kier molecular flexibility index (Phi) is 5.31. The molecule has 0 radical (unpaired) electrons. The number of benzene rings is 2. The lowest BCUT2D eigenvalue weighted by Crippen LogP contribution is -2.49. The smallest absolute Gasteiger partial charge is 0.407 e. The fraction of sp³-hybridized carbons (Fsp3) is 0.464. The van der Waals surface area contributed by atoms with Crippen molar-refractivity contribution in [1.82, 2.24) is 10.6 Å². The summed E-state index contributed by atoms with van der Waals surface area (Å²) in [5.41, 5.74) is 4.06. The van der Waals surface area contributed by atoms with E-state index in [1.807, 2.05) is 24.3 Å². The van der Waals surface area contributed by atoms with Crippen molar-refractivity contribution in [2.75, 3.05) is 6.61 Å². The predicted octanol–water partition coefficient (Wildman–Crippen LogP) is 4.06. The highest BCUT2D eigenvalue weighted by atomic mass is 16.5. The molecule has 0 spiro atoms. The van der Waals surface area contributed by atoms with E-state index in [4.69, 9.17) is 4.74 Å². The summed E-state index contributed by atoms with van der Waals surface area (Å²) in [5.74, 6) is -1.11. The Hall–Kier alpha value is -3.35. The molecule has 2 amide bonds. The minimum Gasteiger partial charge on any atom is -0.481 e. The number of aliphatic carboxylic acids is 1. The molecule has 6 rings (SSSR count). The molecule has 4 aliphatic rings. The van der Waals surface area contributed by atoms with Crippen LogP contribution >= 0.6 is 0 Å². The second kappa shape index (κ2) is 8.40. The summed E-state index contributed by atoms with van der Waals surface area (Å²) in [5, 5.41) is 15.6. The van der Waals surface area contributed by atoms with Gasteiger partial charge in [0.2, 0.25) is 5.91 Å². The maximum absolute atomic E-state index is 12.8. The number of amides is 2. The Labute approximate surface area is 204 Å². The van der Waals surface area contributed by atoms with Crippen molar-refractivity contribution in [3.05, 3.63) is 59.7 Å². The summed E-state index contributed by atoms with van der Waals surface area (Å²) in [6.07, 6.45) is 3.85. The van der Waals surface area contributed by atoms with Crippen molar-refractivity contribution >= 4 is 18.0 Å². The first-order chi connectivity index (χ1) is 16.9. The number of alkyl carbamates (subject to hydrolysis) is 1. The molecule has 2 bridgehead atoms. The SMILES string of the molecule is O=C(CC1(NC(=O)OCC2c3ccccc3-c3ccccc32)CC1)NC1C2CCC(C2)C1C(=O)O. The molecule has 3 fully saturated rings. The van der Waals surface area contributed by atoms with Crippen LogP contribution in [0, 0.1) is 17.8 Å². The van der Waals surface area contributed by atoms with E-state index in [2.05, 4.69) is 34.9 Å². The minimum absolute atomic E-state index is 0.0163. The summed E-state index contributed by atoms with van der Waals surface area (Å²) >= 11 is 0. The fourth-order valence-corrected chi connectivity index (χ4v) is 6.75. The highest BCUT2D eigenvalue weighted by Crippen LogP contribution is 2.49. The van der Waals surface area contributed by atoms with Gasteiger partial charge in [-0.25, -0.2) is 4.79 Å². The molecule has 0 aliphatic heterocycles. The van der Waals surface area contributed by atoms with E-state index < -0.39 is 23.5 Å². The molecule has 7 nitrogen and oxygen atoms in total. The Morgan fingerprint density at radius 2 is 1.57 bits per heavy atom. The summed E-state index contributed by atoms with van der Waals surface area (Å²) in [4.78, 5) is 37.3. The van der Waals surface area contributed by atoms with Gasteiger partial charge in [0, 0.05) is 18.4 Å². The first-order valence-corrected chi connectivity index (χ1v) is 12.6. The highest BCUT2D eigenvalue weighted by Gasteiger charge is 2.53. The number of carbonyl (C=O) groups is 3. The zero-order valence-electron chi connectivity index (χ0n) is 19.5. The molecule has 4 atom stereocenters. The topological polar surface area (TPSA) is 105 Å². The number of hydrogen-bond acceptors (Lipinski definition) is 4. The number of carbonyl (C=O) groups excluding carboxylic acids is 2. The molecule has 0 aromatic heterocycles. The van der Waals surface area contributed by atoms with Gasteiger partial charge in [-0.15, -0.1) is 0 Å². The number of carboxylic acids is 1. The molecule has 3 saturated carbocycles. The second-order valence-corrected chi connectivity index (χ2v) is 10.7. The third-order valence-corrected chi connectivity index (χ3v) is 8.59. The van der Waals surface area contributed by atoms with Gasteiger partial charge in [-0.05, 0) is 66.2 Å². The zero-order chi connectivity index (χ0) is 24.2. The summed E-state index contributed by atoms with van der Waals surface area (Å²) < 4.78 is 5.66. The van der Waals surface area contributed by atoms with Crippen LogP contribution in [0.3, 0.4) is 0 Å². The molecule has 2 aromatic carbocycles. The number of nitrogens with one attached hydrogen (secondary N) is 2. The van der Waals surface area contributed by atoms with Crippen LogP contribution < -0.4 is 10.6 Å². The van der Waals surface area contributed by atoms with Crippen LogP contribution in [-0.4, -0.2) is 41.3 Å². The quantitative estimate of drug-likeness (QED) is 0.561. The highest BCUT2D eigenvalue weighted by molar-refractivity contribution is 5.82. The third kappa shape index (κ3) is 3.97. The molecular formula is C28H30N2O5. The summed E-state index contributed by atoms with van der Waals surface area (Å²) in [7, 11) is 0. The maximum atomic E-state index is 12.8. The molecule has 35 heavy (non-hydrogen) atoms. The van der Waals surface area contributed by atoms with Crippen LogP contribution in [0.15, 0.2) is 48.5 Å². The van der Waals surface area contributed by atoms with Crippen LogP contribution in [0.4, 0.5) is 4.79 Å². The van der Waals surface area contributed by atoms with Crippen molar-refractivity contribution in [2.45, 2.75) is 56.0 Å². The molecular weight excluding hydrogens is 444 g/mol. The van der Waals surface area contributed by atoms with Crippen molar-refractivity contribution in [1.29, 1.82) is 0 Å². The van der Waals surface area contributed by atoms with Gasteiger partial charge in [-0.3, -0.25) is 9.59 Å². The van der Waals surface area contributed by atoms with E-state index in [-0.39, 0.29) is 42.7 Å². The van der Waals surface area contributed by atoms with Gasteiger partial charge in [-0.1, -0.05) is 48.5 Å². The van der Waals surface area contributed by atoms with Gasteiger partial charge in [0.05, 0.1) is 11.5 Å². The van der Waals surface area contributed by atoms with Crippen LogP contribution in [0.5, 0.6) is 0 Å². The first kappa shape index (κ1) is 22.1. The Bertz CT molecular complexity index is 1140. The van der Waals surface area contributed by atoms with Crippen LogP contribution in [0.2, 0.25) is 0 Å². The molecule has 7 heteroatoms. The number of hydrogen-bond donors (Lipinski definition) is 3. The summed E-state index contributed by atoms with van der Waals surface area (Å²) in [6, 6.07) is 16.1. The van der Waals surface area contributed by atoms with E-state index in [1.165, 1.54) is 11.1 Å². The Balaban J connectivity index is 1.05. The fourth-order valence-electron chi connectivity index (χ4n) is 6.75. The third-order valence-electron chi connectivity index (χ3n) is 8.59. The van der Waals surface area contributed by atoms with Crippen LogP contribution in [0.25, 0.3) is 11.1 Å². The molecule has 0 saturated heterocycles. The van der Waals surface area contributed by atoms with Gasteiger partial charge >= 0.3 is 12.1 Å². The van der Waals surface area contributed by atoms with E-state index >= 15 is 0 Å². The van der Waals surface area contributed by atoms with Crippen LogP contribution in [-0.2, 0) is 14.3 Å². The lowest BCUT2D eigenvalue weighted by molar-refractivity contribution is -0.144. The van der Waals surface area contributed by atoms with E-state index in [0.717, 1.165) is 30.4 Å². The average molecular weight is 475 g/mol. The van der Waals surface area contributed by atoms with Crippen molar-refractivity contribution in [3.63, 3.8) is 0 Å². The number of rotatable bonds is 7. The molecule has 182 valence electrons. The van der Waals surface area contributed by atoms with Gasteiger partial charge in [0.25, 0.3) is 0 Å². The standard InChI is InChI=1S/C28H30N2O5/c31-23(29-25-17-10-9-16(13-17)24(25)26(32)33)14-28(11-12-28)30-27(34)35-15-22-20-7-3-1-5-18(20)19-6-2-4-8-21(19)22/h1-8,16-17,22,24-25H,9-15H2,(H,29,31)(H,30,34)(H,32,33). The lowest BCUT2D eigenvalue weighted by atomic mass is 9.84. The van der Waals surface area contributed by atoms with Gasteiger partial charge < -0.3 is 20.5 Å². The molecule has 2 aromatic rings. The largest absolute Gasteiger partial charge is 0.481 e. The lowest BCUT2D eigenvalue weighted by Gasteiger charge is -2.29. The van der Waals surface area contributed by atoms with Gasteiger partial charge in [0.15, 0.2) is 0 Å². The van der Waals surface area contributed by atoms with Gasteiger partial charge in [-0.2, -0.15) is 0 Å².